The maximum atomic E-state index is 12.7. The molecule has 0 heterocycles. The fourth-order valence-electron chi connectivity index (χ4n) is 2.82. The molecule has 0 fully saturated rings. The van der Waals surface area contributed by atoms with Crippen molar-refractivity contribution in [3.05, 3.63) is 36.4 Å². The van der Waals surface area contributed by atoms with E-state index in [9.17, 15) is 4.79 Å². The van der Waals surface area contributed by atoms with Crippen LogP contribution >= 0.6 is 0 Å². The Morgan fingerprint density at radius 3 is 2.44 bits per heavy atom. The summed E-state index contributed by atoms with van der Waals surface area (Å²) in [6.45, 7) is 8.02. The number of fused-ring (bicyclic) bond motifs is 1. The Labute approximate surface area is 150 Å². The Hall–Kier alpha value is -2.07. The molecule has 25 heavy (non-hydrogen) atoms. The molecule has 0 aromatic heterocycles. The second kappa shape index (κ2) is 8.34. The number of hydrogen-bond donors (Lipinski definition) is 1. The van der Waals surface area contributed by atoms with Gasteiger partial charge in [-0.3, -0.25) is 4.79 Å². The zero-order valence-electron chi connectivity index (χ0n) is 15.9. The van der Waals surface area contributed by atoms with Crippen LogP contribution in [0, 0.1) is 0 Å². The Bertz CT molecular complexity index is 728. The molecule has 0 radical (unpaired) electrons. The van der Waals surface area contributed by atoms with E-state index in [1.54, 1.807) is 7.11 Å². The number of anilines is 1. The SMILES string of the molecule is CCCC(C)(OC)C(=O)Nc1ccc(OC(C)CC)c2ccccc12. The molecular weight excluding hydrogens is 314 g/mol. The first-order valence-corrected chi connectivity index (χ1v) is 9.00. The lowest BCUT2D eigenvalue weighted by Crippen LogP contribution is -2.41. The number of carbonyl (C=O) groups is 1. The summed E-state index contributed by atoms with van der Waals surface area (Å²) in [5.74, 6) is 0.712. The molecule has 0 aliphatic carbocycles. The van der Waals surface area contributed by atoms with Crippen molar-refractivity contribution in [1.29, 1.82) is 0 Å². The minimum atomic E-state index is -0.832. The highest BCUT2D eigenvalue weighted by Gasteiger charge is 2.32. The third-order valence-corrected chi connectivity index (χ3v) is 4.69. The lowest BCUT2D eigenvalue weighted by Gasteiger charge is -2.27. The fourth-order valence-corrected chi connectivity index (χ4v) is 2.82. The summed E-state index contributed by atoms with van der Waals surface area (Å²) < 4.78 is 11.5. The summed E-state index contributed by atoms with van der Waals surface area (Å²) in [4.78, 5) is 12.7. The van der Waals surface area contributed by atoms with Gasteiger partial charge in [-0.2, -0.15) is 0 Å². The minimum absolute atomic E-state index is 0.127. The van der Waals surface area contributed by atoms with Gasteiger partial charge in [-0.15, -0.1) is 0 Å². The van der Waals surface area contributed by atoms with Crippen LogP contribution in [0.5, 0.6) is 5.75 Å². The summed E-state index contributed by atoms with van der Waals surface area (Å²) in [5, 5.41) is 5.00. The van der Waals surface area contributed by atoms with Crippen LogP contribution in [0.15, 0.2) is 36.4 Å². The van der Waals surface area contributed by atoms with Gasteiger partial charge in [0.25, 0.3) is 5.91 Å². The first-order chi connectivity index (χ1) is 11.9. The van der Waals surface area contributed by atoms with Gasteiger partial charge in [0.05, 0.1) is 6.10 Å². The molecule has 0 saturated heterocycles. The quantitative estimate of drug-likeness (QED) is 0.720. The number of ether oxygens (including phenoxy) is 2. The molecule has 0 aliphatic heterocycles. The topological polar surface area (TPSA) is 47.6 Å². The predicted octanol–water partition coefficient (Wildman–Crippen LogP) is 5.16. The van der Waals surface area contributed by atoms with Gasteiger partial charge in [0, 0.05) is 23.6 Å². The zero-order chi connectivity index (χ0) is 18.4. The molecule has 0 saturated carbocycles. The molecule has 136 valence electrons. The Balaban J connectivity index is 2.37. The number of carbonyl (C=O) groups excluding carboxylic acids is 1. The van der Waals surface area contributed by atoms with Gasteiger partial charge in [0.1, 0.15) is 11.4 Å². The fraction of sp³-hybridized carbons (Fsp3) is 0.476. The highest BCUT2D eigenvalue weighted by Crippen LogP contribution is 2.33. The number of methoxy groups -OCH3 is 1. The minimum Gasteiger partial charge on any atom is -0.490 e. The van der Waals surface area contributed by atoms with Crippen LogP contribution in [0.25, 0.3) is 10.8 Å². The first kappa shape index (κ1) is 19.3. The highest BCUT2D eigenvalue weighted by molar-refractivity contribution is 6.06. The van der Waals surface area contributed by atoms with Crippen LogP contribution in [0.1, 0.15) is 47.0 Å². The van der Waals surface area contributed by atoms with Crippen molar-refractivity contribution >= 4 is 22.4 Å². The van der Waals surface area contributed by atoms with Crippen molar-refractivity contribution in [3.63, 3.8) is 0 Å². The molecule has 0 aliphatic rings. The smallest absolute Gasteiger partial charge is 0.256 e. The van der Waals surface area contributed by atoms with E-state index >= 15 is 0 Å². The van der Waals surface area contributed by atoms with Gasteiger partial charge in [-0.05, 0) is 38.8 Å². The number of benzene rings is 2. The average Bonchev–Trinajstić information content (AvgIpc) is 2.63. The van der Waals surface area contributed by atoms with Gasteiger partial charge >= 0.3 is 0 Å². The molecule has 1 amide bonds. The molecule has 0 spiro atoms. The average molecular weight is 343 g/mol. The van der Waals surface area contributed by atoms with Crippen LogP contribution in [0.3, 0.4) is 0 Å². The number of nitrogens with one attached hydrogen (secondary N) is 1. The monoisotopic (exact) mass is 343 g/mol. The molecule has 2 unspecified atom stereocenters. The van der Waals surface area contributed by atoms with Crippen molar-refractivity contribution in [2.24, 2.45) is 0 Å². The summed E-state index contributed by atoms with van der Waals surface area (Å²) in [6.07, 6.45) is 2.63. The van der Waals surface area contributed by atoms with E-state index in [0.29, 0.717) is 6.42 Å². The number of hydrogen-bond acceptors (Lipinski definition) is 3. The van der Waals surface area contributed by atoms with E-state index in [0.717, 1.165) is 35.1 Å². The second-order valence-corrected chi connectivity index (χ2v) is 6.63. The lowest BCUT2D eigenvalue weighted by atomic mass is 9.98. The summed E-state index contributed by atoms with van der Waals surface area (Å²) in [6, 6.07) is 11.8. The second-order valence-electron chi connectivity index (χ2n) is 6.63. The summed E-state index contributed by atoms with van der Waals surface area (Å²) in [5.41, 5.74) is -0.0571. The molecule has 1 N–H and O–H groups in total. The van der Waals surface area contributed by atoms with E-state index < -0.39 is 5.60 Å². The zero-order valence-corrected chi connectivity index (χ0v) is 15.9. The largest absolute Gasteiger partial charge is 0.490 e. The van der Waals surface area contributed by atoms with Gasteiger partial charge in [-0.25, -0.2) is 0 Å². The number of rotatable bonds is 8. The van der Waals surface area contributed by atoms with Crippen molar-refractivity contribution in [1.82, 2.24) is 0 Å². The Morgan fingerprint density at radius 1 is 1.16 bits per heavy atom. The molecule has 2 aromatic carbocycles. The van der Waals surface area contributed by atoms with E-state index in [-0.39, 0.29) is 12.0 Å². The first-order valence-electron chi connectivity index (χ1n) is 9.00. The molecule has 4 nitrogen and oxygen atoms in total. The molecule has 2 rings (SSSR count). The van der Waals surface area contributed by atoms with Gasteiger partial charge in [0.2, 0.25) is 0 Å². The van der Waals surface area contributed by atoms with Gasteiger partial charge in [0.15, 0.2) is 0 Å². The highest BCUT2D eigenvalue weighted by atomic mass is 16.5. The molecule has 0 bridgehead atoms. The normalized spacial score (nSPS) is 14.8. The van der Waals surface area contributed by atoms with Crippen LogP contribution in [0.4, 0.5) is 5.69 Å². The van der Waals surface area contributed by atoms with E-state index in [1.165, 1.54) is 0 Å². The van der Waals surface area contributed by atoms with Crippen molar-refractivity contribution in [2.45, 2.75) is 58.7 Å². The molecular formula is C21H29NO3. The van der Waals surface area contributed by atoms with E-state index in [1.807, 2.05) is 50.2 Å². The van der Waals surface area contributed by atoms with Gasteiger partial charge < -0.3 is 14.8 Å². The van der Waals surface area contributed by atoms with Crippen LogP contribution in [-0.4, -0.2) is 24.7 Å². The van der Waals surface area contributed by atoms with Crippen LogP contribution in [-0.2, 0) is 9.53 Å². The van der Waals surface area contributed by atoms with Gasteiger partial charge in [-0.1, -0.05) is 44.5 Å². The third-order valence-electron chi connectivity index (χ3n) is 4.69. The molecule has 2 atom stereocenters. The lowest BCUT2D eigenvalue weighted by molar-refractivity contribution is -0.136. The molecule has 2 aromatic rings. The Kier molecular flexibility index (Phi) is 6.43. The van der Waals surface area contributed by atoms with Crippen molar-refractivity contribution in [2.75, 3.05) is 12.4 Å². The molecule has 4 heteroatoms. The maximum Gasteiger partial charge on any atom is 0.256 e. The van der Waals surface area contributed by atoms with E-state index in [2.05, 4.69) is 19.2 Å². The summed E-state index contributed by atoms with van der Waals surface area (Å²) in [7, 11) is 1.58. The third kappa shape index (κ3) is 4.31. The number of amides is 1. The van der Waals surface area contributed by atoms with E-state index in [4.69, 9.17) is 9.47 Å². The predicted molar refractivity (Wildman–Crippen MR) is 103 cm³/mol. The van der Waals surface area contributed by atoms with Crippen LogP contribution in [0.2, 0.25) is 0 Å². The standard InChI is InChI=1S/C21H29NO3/c1-6-14-21(4,24-5)20(23)22-18-12-13-19(25-15(3)7-2)17-11-9-8-10-16(17)18/h8-13,15H,6-7,14H2,1-5H3,(H,22,23). The van der Waals surface area contributed by atoms with Crippen molar-refractivity contribution < 1.29 is 14.3 Å². The Morgan fingerprint density at radius 2 is 1.84 bits per heavy atom. The van der Waals surface area contributed by atoms with Crippen molar-refractivity contribution in [3.8, 4) is 5.75 Å². The van der Waals surface area contributed by atoms with Crippen LogP contribution < -0.4 is 10.1 Å². The maximum absolute atomic E-state index is 12.7. The summed E-state index contributed by atoms with van der Waals surface area (Å²) >= 11 is 0.